The third-order valence-corrected chi connectivity index (χ3v) is 11.9. The molecule has 4 aliphatic carbocycles. The van der Waals surface area contributed by atoms with Crippen molar-refractivity contribution in [3.8, 4) is 0 Å². The lowest BCUT2D eigenvalue weighted by atomic mass is 9.44. The van der Waals surface area contributed by atoms with E-state index in [-0.39, 0.29) is 47.8 Å². The lowest BCUT2D eigenvalue weighted by molar-refractivity contribution is -0.155. The van der Waals surface area contributed by atoms with E-state index < -0.39 is 17.1 Å². The molecule has 6 rings (SSSR count). The molecule has 1 spiro atoms. The van der Waals surface area contributed by atoms with Crippen LogP contribution in [0.5, 0.6) is 0 Å². The number of aliphatic hydroxyl groups excluding tert-OH is 1. The minimum absolute atomic E-state index is 0.0339. The summed E-state index contributed by atoms with van der Waals surface area (Å²) in [5.41, 5.74) is 0.459. The fraction of sp³-hybridized carbons (Fsp3) is 0.742. The number of cyclic esters (lactones) is 1. The molecule has 0 aromatic heterocycles. The van der Waals surface area contributed by atoms with Gasteiger partial charge in [0.25, 0.3) is 0 Å². The van der Waals surface area contributed by atoms with Crippen LogP contribution in [0.1, 0.15) is 73.1 Å². The number of rotatable bonds is 5. The number of ether oxygens (including phenoxy) is 3. The molecule has 0 amide bonds. The molecule has 11 atom stereocenters. The van der Waals surface area contributed by atoms with Crippen LogP contribution >= 0.6 is 0 Å². The Hall–Kier alpha value is -1.92. The lowest BCUT2D eigenvalue weighted by Crippen LogP contribution is -2.63. The Morgan fingerprint density at radius 1 is 1.24 bits per heavy atom. The molecule has 202 valence electrons. The van der Waals surface area contributed by atoms with Crippen LogP contribution in [0.25, 0.3) is 0 Å². The summed E-state index contributed by atoms with van der Waals surface area (Å²) in [7, 11) is 0. The average Bonchev–Trinajstić information content (AvgIpc) is 3.47. The zero-order valence-corrected chi connectivity index (χ0v) is 22.9. The van der Waals surface area contributed by atoms with Crippen LogP contribution in [-0.2, 0) is 23.8 Å². The van der Waals surface area contributed by atoms with E-state index in [0.29, 0.717) is 29.1 Å². The number of ketones is 1. The Balaban J connectivity index is 1.22. The van der Waals surface area contributed by atoms with Crippen LogP contribution < -0.4 is 0 Å². The number of hydrogen-bond donors (Lipinski definition) is 1. The van der Waals surface area contributed by atoms with Crippen molar-refractivity contribution >= 4 is 11.8 Å². The van der Waals surface area contributed by atoms with Gasteiger partial charge in [-0.2, -0.15) is 0 Å². The maximum atomic E-state index is 13.4. The van der Waals surface area contributed by atoms with Crippen molar-refractivity contribution in [2.45, 2.75) is 97.1 Å². The molecule has 1 saturated heterocycles. The van der Waals surface area contributed by atoms with E-state index in [0.717, 1.165) is 44.1 Å². The molecule has 0 radical (unpaired) electrons. The highest BCUT2D eigenvalue weighted by atomic mass is 16.6. The van der Waals surface area contributed by atoms with Gasteiger partial charge in [-0.05, 0) is 100 Å². The van der Waals surface area contributed by atoms with Gasteiger partial charge in [0.2, 0.25) is 0 Å². The third kappa shape index (κ3) is 3.30. The van der Waals surface area contributed by atoms with Crippen molar-refractivity contribution in [3.63, 3.8) is 0 Å². The summed E-state index contributed by atoms with van der Waals surface area (Å²) in [6.45, 7) is 14.6. The van der Waals surface area contributed by atoms with Crippen LogP contribution in [-0.4, -0.2) is 47.4 Å². The number of epoxide rings is 1. The predicted octanol–water partition coefficient (Wildman–Crippen LogP) is 4.91. The minimum Gasteiger partial charge on any atom is -0.494 e. The summed E-state index contributed by atoms with van der Waals surface area (Å²) >= 11 is 0. The average molecular weight is 511 g/mol. The highest BCUT2D eigenvalue weighted by molar-refractivity contribution is 5.98. The Kier molecular flexibility index (Phi) is 5.68. The highest BCUT2D eigenvalue weighted by Gasteiger charge is 2.80. The molecular formula is C31H42O6. The quantitative estimate of drug-likeness (QED) is 0.321. The summed E-state index contributed by atoms with van der Waals surface area (Å²) in [6.07, 6.45) is 8.38. The van der Waals surface area contributed by atoms with Gasteiger partial charge < -0.3 is 19.3 Å². The van der Waals surface area contributed by atoms with E-state index in [9.17, 15) is 14.7 Å². The summed E-state index contributed by atoms with van der Waals surface area (Å²) in [5, 5.41) is 10.9. The number of hydrogen-bond acceptors (Lipinski definition) is 6. The second kappa shape index (κ2) is 8.29. The summed E-state index contributed by atoms with van der Waals surface area (Å²) < 4.78 is 17.8. The Labute approximate surface area is 220 Å². The van der Waals surface area contributed by atoms with E-state index >= 15 is 0 Å². The van der Waals surface area contributed by atoms with E-state index in [1.165, 1.54) is 0 Å². The summed E-state index contributed by atoms with van der Waals surface area (Å²) in [4.78, 5) is 26.3. The van der Waals surface area contributed by atoms with Gasteiger partial charge in [0, 0.05) is 6.42 Å². The largest absolute Gasteiger partial charge is 0.494 e. The first-order valence-corrected chi connectivity index (χ1v) is 14.2. The lowest BCUT2D eigenvalue weighted by Gasteiger charge is -2.58. The number of carbonyl (C=O) groups is 2. The van der Waals surface area contributed by atoms with E-state index in [4.69, 9.17) is 14.2 Å². The molecule has 2 aliphatic heterocycles. The SMILES string of the molecule is C=C(C)OCC1=C(C)CC(C(C)C2CCC3C4CC5OC56C(O)C=CC(=O)C6(C)C4CCC23C)OC1=O. The van der Waals surface area contributed by atoms with E-state index in [2.05, 4.69) is 27.4 Å². The smallest absolute Gasteiger partial charge is 0.337 e. The van der Waals surface area contributed by atoms with Crippen molar-refractivity contribution in [3.05, 3.63) is 35.6 Å². The minimum atomic E-state index is -0.718. The molecule has 0 aromatic rings. The molecule has 3 saturated carbocycles. The maximum Gasteiger partial charge on any atom is 0.337 e. The summed E-state index contributed by atoms with van der Waals surface area (Å²) in [5.74, 6) is 2.36. The first-order chi connectivity index (χ1) is 17.4. The molecule has 1 N–H and O–H groups in total. The van der Waals surface area contributed by atoms with Gasteiger partial charge in [-0.3, -0.25) is 4.79 Å². The second-order valence-electron chi connectivity index (χ2n) is 13.4. The van der Waals surface area contributed by atoms with Gasteiger partial charge in [0.05, 0.1) is 22.9 Å². The van der Waals surface area contributed by atoms with E-state index in [1.54, 1.807) is 19.1 Å². The topological polar surface area (TPSA) is 85.4 Å². The van der Waals surface area contributed by atoms with Gasteiger partial charge in [-0.25, -0.2) is 4.79 Å². The number of carbonyl (C=O) groups excluding carboxylic acids is 2. The van der Waals surface area contributed by atoms with Crippen LogP contribution in [0.4, 0.5) is 0 Å². The molecule has 0 aromatic carbocycles. The third-order valence-electron chi connectivity index (χ3n) is 11.9. The molecule has 37 heavy (non-hydrogen) atoms. The molecule has 11 unspecified atom stereocenters. The van der Waals surface area contributed by atoms with Gasteiger partial charge in [-0.1, -0.05) is 26.0 Å². The Morgan fingerprint density at radius 3 is 2.70 bits per heavy atom. The number of esters is 1. The van der Waals surface area contributed by atoms with Gasteiger partial charge in [0.15, 0.2) is 5.78 Å². The second-order valence-corrected chi connectivity index (χ2v) is 13.4. The number of fused-ring (bicyclic) bond motifs is 4. The van der Waals surface area contributed by atoms with Gasteiger partial charge in [-0.15, -0.1) is 0 Å². The fourth-order valence-electron chi connectivity index (χ4n) is 9.87. The monoisotopic (exact) mass is 510 g/mol. The van der Waals surface area contributed by atoms with Crippen molar-refractivity contribution in [1.82, 2.24) is 0 Å². The van der Waals surface area contributed by atoms with Crippen molar-refractivity contribution in [1.29, 1.82) is 0 Å². The molecule has 6 aliphatic rings. The first-order valence-electron chi connectivity index (χ1n) is 14.2. The van der Waals surface area contributed by atoms with E-state index in [1.807, 2.05) is 6.92 Å². The molecule has 2 heterocycles. The Morgan fingerprint density at radius 2 is 2.00 bits per heavy atom. The van der Waals surface area contributed by atoms with Gasteiger partial charge in [0.1, 0.15) is 24.4 Å². The van der Waals surface area contributed by atoms with Crippen LogP contribution in [0.2, 0.25) is 0 Å². The maximum absolute atomic E-state index is 13.4. The normalized spacial score (nSPS) is 48.9. The fourth-order valence-corrected chi connectivity index (χ4v) is 9.87. The van der Waals surface area contributed by atoms with Crippen LogP contribution in [0, 0.1) is 40.4 Å². The predicted molar refractivity (Wildman–Crippen MR) is 138 cm³/mol. The van der Waals surface area contributed by atoms with Crippen molar-refractivity contribution in [2.75, 3.05) is 6.61 Å². The Bertz CT molecular complexity index is 1100. The highest BCUT2D eigenvalue weighted by Crippen LogP contribution is 2.73. The van der Waals surface area contributed by atoms with Gasteiger partial charge >= 0.3 is 5.97 Å². The van der Waals surface area contributed by atoms with Crippen LogP contribution in [0.15, 0.2) is 35.6 Å². The molecule has 0 bridgehead atoms. The molecule has 4 fully saturated rings. The molecular weight excluding hydrogens is 468 g/mol. The van der Waals surface area contributed by atoms with Crippen LogP contribution in [0.3, 0.4) is 0 Å². The zero-order chi connectivity index (χ0) is 26.5. The van der Waals surface area contributed by atoms with Crippen molar-refractivity contribution < 1.29 is 28.9 Å². The molecule has 6 heteroatoms. The first kappa shape index (κ1) is 25.4. The number of aliphatic hydroxyl groups is 1. The molecule has 6 nitrogen and oxygen atoms in total. The standard InChI is InChI=1S/C31H42O6/c1-16(2)35-15-20-17(3)13-24(36-28(20)34)18(4)21-7-8-22-19-14-27-31(37-27)26(33)10-9-25(32)30(31,6)23(19)11-12-29(21,22)5/h9-10,18-19,21-24,26-27,33H,1,7-8,11-15H2,2-6H3. The number of allylic oxidation sites excluding steroid dienone is 2. The zero-order valence-electron chi connectivity index (χ0n) is 22.9. The van der Waals surface area contributed by atoms with Crippen molar-refractivity contribution in [2.24, 2.45) is 40.4 Å². The summed E-state index contributed by atoms with van der Waals surface area (Å²) in [6, 6.07) is 0.